The fraction of sp³-hybridized carbons (Fsp3) is 0.333. The first-order chi connectivity index (χ1) is 12.8. The fourth-order valence-electron chi connectivity index (χ4n) is 2.82. The third kappa shape index (κ3) is 3.44. The lowest BCUT2D eigenvalue weighted by Crippen LogP contribution is -2.33. The summed E-state index contributed by atoms with van der Waals surface area (Å²) in [4.78, 5) is 30.7. The van der Waals surface area contributed by atoms with Crippen LogP contribution in [0.3, 0.4) is 0 Å². The van der Waals surface area contributed by atoms with Gasteiger partial charge in [-0.2, -0.15) is 13.9 Å². The molecule has 3 aromatic rings. The molecule has 142 valence electrons. The van der Waals surface area contributed by atoms with Gasteiger partial charge in [-0.1, -0.05) is 18.2 Å². The molecule has 0 radical (unpaired) electrons. The first-order valence-electron chi connectivity index (χ1n) is 8.38. The molecular weight excluding hydrogens is 356 g/mol. The number of carbonyl (C=O) groups excluding carboxylic acids is 1. The number of imidazole rings is 1. The number of nitrogens with zero attached hydrogens (tertiary/aromatic N) is 5. The Morgan fingerprint density at radius 1 is 1.22 bits per heavy atom. The molecule has 0 aliphatic heterocycles. The molecule has 0 fully saturated rings. The zero-order valence-corrected chi connectivity index (χ0v) is 15.1. The van der Waals surface area contributed by atoms with E-state index in [1.165, 1.54) is 22.8 Å². The Balaban J connectivity index is 2.03. The molecule has 1 aromatic carbocycles. The second kappa shape index (κ2) is 7.26. The molecule has 0 aliphatic carbocycles. The molecule has 2 heterocycles. The maximum Gasteiger partial charge on any atom is 0.319 e. The third-order valence-electron chi connectivity index (χ3n) is 4.20. The molecule has 0 aliphatic rings. The maximum atomic E-state index is 13.0. The van der Waals surface area contributed by atoms with Gasteiger partial charge in [-0.15, -0.1) is 0 Å². The highest BCUT2D eigenvalue weighted by molar-refractivity contribution is 6.04. The summed E-state index contributed by atoms with van der Waals surface area (Å²) in [7, 11) is 1.48. The van der Waals surface area contributed by atoms with Gasteiger partial charge in [0.2, 0.25) is 0 Å². The van der Waals surface area contributed by atoms with Crippen LogP contribution in [-0.2, 0) is 6.54 Å². The number of hydrogen-bond acceptors (Lipinski definition) is 4. The van der Waals surface area contributed by atoms with Crippen molar-refractivity contribution in [2.75, 3.05) is 7.05 Å². The smallest absolute Gasteiger partial charge is 0.319 e. The van der Waals surface area contributed by atoms with Crippen LogP contribution < -0.4 is 5.56 Å². The molecule has 27 heavy (non-hydrogen) atoms. The molecule has 0 unspecified atom stereocenters. The number of alkyl halides is 2. The molecule has 0 atom stereocenters. The van der Waals surface area contributed by atoms with Crippen LogP contribution in [0.5, 0.6) is 0 Å². The third-order valence-corrected chi connectivity index (χ3v) is 4.20. The number of carbonyl (C=O) groups is 1. The van der Waals surface area contributed by atoms with Crippen molar-refractivity contribution in [1.29, 1.82) is 0 Å². The first-order valence-corrected chi connectivity index (χ1v) is 8.38. The zero-order valence-electron chi connectivity index (χ0n) is 15.1. The summed E-state index contributed by atoms with van der Waals surface area (Å²) < 4.78 is 28.0. The minimum atomic E-state index is -2.74. The maximum absolute atomic E-state index is 13.0. The van der Waals surface area contributed by atoms with Gasteiger partial charge in [0.15, 0.2) is 5.69 Å². The fourth-order valence-corrected chi connectivity index (χ4v) is 2.82. The average molecular weight is 375 g/mol. The van der Waals surface area contributed by atoms with Crippen molar-refractivity contribution in [3.63, 3.8) is 0 Å². The van der Waals surface area contributed by atoms with Crippen molar-refractivity contribution in [3.8, 4) is 0 Å². The Kier molecular flexibility index (Phi) is 5.02. The number of hydrogen-bond donors (Lipinski definition) is 0. The van der Waals surface area contributed by atoms with E-state index in [9.17, 15) is 18.4 Å². The molecular formula is C18H19F2N5O2. The van der Waals surface area contributed by atoms with Gasteiger partial charge in [0.25, 0.3) is 11.5 Å². The Morgan fingerprint density at radius 2 is 1.89 bits per heavy atom. The quantitative estimate of drug-likeness (QED) is 0.687. The summed E-state index contributed by atoms with van der Waals surface area (Å²) in [5.41, 5.74) is -0.190. The largest absolute Gasteiger partial charge is 0.333 e. The lowest BCUT2D eigenvalue weighted by molar-refractivity contribution is 0.0611. The monoisotopic (exact) mass is 375 g/mol. The Hall–Kier alpha value is -3.10. The van der Waals surface area contributed by atoms with Crippen LogP contribution in [0.15, 0.2) is 41.5 Å². The molecule has 9 heteroatoms. The summed E-state index contributed by atoms with van der Waals surface area (Å²) in [6.07, 6.45) is 2.41. The Bertz CT molecular complexity index is 1040. The van der Waals surface area contributed by atoms with Crippen molar-refractivity contribution in [2.45, 2.75) is 33.0 Å². The Labute approximate surface area is 153 Å². The van der Waals surface area contributed by atoms with Gasteiger partial charge in [0, 0.05) is 24.8 Å². The number of fused-ring (bicyclic) bond motifs is 1. The van der Waals surface area contributed by atoms with E-state index in [0.717, 1.165) is 6.20 Å². The number of rotatable bonds is 5. The predicted octanol–water partition coefficient (Wildman–Crippen LogP) is 2.84. The van der Waals surface area contributed by atoms with E-state index >= 15 is 0 Å². The molecule has 0 N–H and O–H groups in total. The van der Waals surface area contributed by atoms with Gasteiger partial charge < -0.3 is 4.90 Å². The number of benzene rings is 1. The van der Waals surface area contributed by atoms with Crippen molar-refractivity contribution in [2.24, 2.45) is 0 Å². The van der Waals surface area contributed by atoms with Crippen LogP contribution in [0.25, 0.3) is 10.8 Å². The second-order valence-corrected chi connectivity index (χ2v) is 6.43. The summed E-state index contributed by atoms with van der Waals surface area (Å²) in [5, 5.41) is 5.05. The molecule has 3 rings (SSSR count). The van der Waals surface area contributed by atoms with E-state index in [1.807, 2.05) is 0 Å². The van der Waals surface area contributed by atoms with Crippen LogP contribution >= 0.6 is 0 Å². The Morgan fingerprint density at radius 3 is 2.52 bits per heavy atom. The van der Waals surface area contributed by atoms with E-state index in [0.29, 0.717) is 15.3 Å². The molecule has 0 bridgehead atoms. The van der Waals surface area contributed by atoms with Gasteiger partial charge >= 0.3 is 6.55 Å². The summed E-state index contributed by atoms with van der Waals surface area (Å²) in [6, 6.07) is 6.47. The summed E-state index contributed by atoms with van der Waals surface area (Å²) in [6.45, 7) is 0.724. The topological polar surface area (TPSA) is 73.0 Å². The number of aromatic nitrogens is 4. The lowest BCUT2D eigenvalue weighted by atomic mass is 10.1. The minimum absolute atomic E-state index is 0.0577. The average Bonchev–Trinajstić information content (AvgIpc) is 3.09. The van der Waals surface area contributed by atoms with Crippen LogP contribution in [-0.4, -0.2) is 37.2 Å². The van der Waals surface area contributed by atoms with Crippen LogP contribution in [0.1, 0.15) is 42.8 Å². The van der Waals surface area contributed by atoms with E-state index in [4.69, 9.17) is 0 Å². The molecule has 0 saturated heterocycles. The van der Waals surface area contributed by atoms with Crippen molar-refractivity contribution < 1.29 is 13.6 Å². The van der Waals surface area contributed by atoms with E-state index in [1.54, 1.807) is 38.1 Å². The van der Waals surface area contributed by atoms with Crippen LogP contribution in [0.4, 0.5) is 8.78 Å². The van der Waals surface area contributed by atoms with Crippen LogP contribution in [0, 0.1) is 0 Å². The standard InChI is InChI=1S/C18H19F2N5O2/c1-11(2)25-16(26)13-7-5-4-6-12(13)15(22-25)17(27)23(3)10-14-21-8-9-24(14)18(19)20/h4-9,11,18H,10H2,1-3H3. The van der Waals surface area contributed by atoms with Crippen molar-refractivity contribution >= 4 is 16.7 Å². The number of halogens is 2. The number of amides is 1. The van der Waals surface area contributed by atoms with E-state index in [2.05, 4.69) is 10.1 Å². The summed E-state index contributed by atoms with van der Waals surface area (Å²) >= 11 is 0. The predicted molar refractivity (Wildman–Crippen MR) is 95.7 cm³/mol. The van der Waals surface area contributed by atoms with Gasteiger partial charge in [0.1, 0.15) is 5.82 Å². The lowest BCUT2D eigenvalue weighted by Gasteiger charge is -2.19. The first kappa shape index (κ1) is 18.7. The molecule has 1 amide bonds. The summed E-state index contributed by atoms with van der Waals surface area (Å²) in [5.74, 6) is -0.424. The van der Waals surface area contributed by atoms with Crippen LogP contribution in [0.2, 0.25) is 0 Å². The molecule has 0 spiro atoms. The molecule has 7 nitrogen and oxygen atoms in total. The molecule has 0 saturated carbocycles. The highest BCUT2D eigenvalue weighted by Gasteiger charge is 2.22. The normalized spacial score (nSPS) is 11.5. The minimum Gasteiger partial charge on any atom is -0.333 e. The highest BCUT2D eigenvalue weighted by atomic mass is 19.3. The van der Waals surface area contributed by atoms with Crippen molar-refractivity contribution in [1.82, 2.24) is 24.2 Å². The van der Waals surface area contributed by atoms with E-state index in [-0.39, 0.29) is 29.7 Å². The van der Waals surface area contributed by atoms with Gasteiger partial charge in [-0.25, -0.2) is 9.67 Å². The van der Waals surface area contributed by atoms with E-state index < -0.39 is 12.5 Å². The second-order valence-electron chi connectivity index (χ2n) is 6.43. The zero-order chi connectivity index (χ0) is 19.7. The van der Waals surface area contributed by atoms with Gasteiger partial charge in [0.05, 0.1) is 18.0 Å². The van der Waals surface area contributed by atoms with Gasteiger partial charge in [-0.05, 0) is 19.9 Å². The van der Waals surface area contributed by atoms with Gasteiger partial charge in [-0.3, -0.25) is 14.2 Å². The molecule has 2 aromatic heterocycles. The highest BCUT2D eigenvalue weighted by Crippen LogP contribution is 2.18. The SMILES string of the molecule is CC(C)n1nc(C(=O)N(C)Cc2nccn2C(F)F)c2ccccc2c1=O. The van der Waals surface area contributed by atoms with Crippen molar-refractivity contribution in [3.05, 3.63) is 58.5 Å².